The Bertz CT molecular complexity index is 1400. The Hall–Kier alpha value is -4.69. The van der Waals surface area contributed by atoms with Crippen LogP contribution in [0.4, 0.5) is 5.95 Å². The summed E-state index contributed by atoms with van der Waals surface area (Å²) in [5, 5.41) is 22.3. The topological polar surface area (TPSA) is 180 Å². The van der Waals surface area contributed by atoms with Gasteiger partial charge in [0.05, 0.1) is 53.1 Å². The number of nitriles is 1. The minimum absolute atomic E-state index is 0.00334. The molecular weight excluding hydrogens is 470 g/mol. The van der Waals surface area contributed by atoms with Crippen molar-refractivity contribution in [2.24, 2.45) is 21.9 Å². The number of pyridine rings is 1. The summed E-state index contributed by atoms with van der Waals surface area (Å²) >= 11 is 0. The van der Waals surface area contributed by atoms with Crippen LogP contribution >= 0.6 is 0 Å². The van der Waals surface area contributed by atoms with Crippen LogP contribution in [0.2, 0.25) is 0 Å². The molecule has 2 atom stereocenters. The standard InChI is InChI=1S/C26H27N9O2/c1-16(35-9-8-19(15-35)25(36)37)21-7-3-6-20(31-21)13-30-14-24(34-29)23-11-22(32-26(28)33-23)18-5-2-4-17(10-18)12-27/h2-7,10-11,14,16,19H,8-9,13,15,29H2,1H3,(H,36,37)(H2,28,32,33)/b30-14?,34-24+/t16-,19+/m0/s1. The van der Waals surface area contributed by atoms with Crippen LogP contribution in [0.25, 0.3) is 11.3 Å². The van der Waals surface area contributed by atoms with Crippen LogP contribution in [0.1, 0.15) is 42.0 Å². The molecule has 3 aromatic rings. The summed E-state index contributed by atoms with van der Waals surface area (Å²) in [5.41, 5.74) is 10.00. The van der Waals surface area contributed by atoms with Gasteiger partial charge < -0.3 is 16.7 Å². The Kier molecular flexibility index (Phi) is 7.80. The molecule has 1 aromatic carbocycles. The number of hydrogen-bond donors (Lipinski definition) is 3. The van der Waals surface area contributed by atoms with E-state index < -0.39 is 5.97 Å². The van der Waals surface area contributed by atoms with E-state index >= 15 is 0 Å². The highest BCUT2D eigenvalue weighted by molar-refractivity contribution is 6.37. The molecule has 0 unspecified atom stereocenters. The van der Waals surface area contributed by atoms with Gasteiger partial charge >= 0.3 is 5.97 Å². The quantitative estimate of drug-likeness (QED) is 0.239. The highest BCUT2D eigenvalue weighted by atomic mass is 16.4. The van der Waals surface area contributed by atoms with Gasteiger partial charge in [-0.25, -0.2) is 9.97 Å². The largest absolute Gasteiger partial charge is 0.481 e. The van der Waals surface area contributed by atoms with E-state index in [4.69, 9.17) is 16.6 Å². The van der Waals surface area contributed by atoms with E-state index in [0.29, 0.717) is 41.2 Å². The van der Waals surface area contributed by atoms with Crippen molar-refractivity contribution in [3.05, 3.63) is 71.2 Å². The summed E-state index contributed by atoms with van der Waals surface area (Å²) in [6, 6.07) is 16.5. The van der Waals surface area contributed by atoms with Crippen LogP contribution in [0.5, 0.6) is 0 Å². The first-order chi connectivity index (χ1) is 17.9. The second-order valence-electron chi connectivity index (χ2n) is 8.72. The smallest absolute Gasteiger partial charge is 0.307 e. The number of hydrazone groups is 1. The minimum atomic E-state index is -0.753. The van der Waals surface area contributed by atoms with Gasteiger partial charge in [-0.1, -0.05) is 18.2 Å². The number of carboxylic acids is 1. The minimum Gasteiger partial charge on any atom is -0.481 e. The number of aliphatic imine (C=N–C) groups is 1. The molecule has 11 nitrogen and oxygen atoms in total. The predicted octanol–water partition coefficient (Wildman–Crippen LogP) is 2.39. The van der Waals surface area contributed by atoms with E-state index in [1.165, 1.54) is 6.21 Å². The van der Waals surface area contributed by atoms with Crippen molar-refractivity contribution >= 4 is 23.8 Å². The number of nitrogens with two attached hydrogens (primary N) is 2. The van der Waals surface area contributed by atoms with Crippen molar-refractivity contribution in [3.63, 3.8) is 0 Å². The van der Waals surface area contributed by atoms with Crippen molar-refractivity contribution in [1.29, 1.82) is 5.26 Å². The molecule has 0 saturated carbocycles. The van der Waals surface area contributed by atoms with Crippen LogP contribution < -0.4 is 11.6 Å². The van der Waals surface area contributed by atoms with Crippen LogP contribution in [-0.4, -0.2) is 55.9 Å². The summed E-state index contributed by atoms with van der Waals surface area (Å²) in [4.78, 5) is 31.1. The van der Waals surface area contributed by atoms with Crippen LogP contribution in [-0.2, 0) is 11.3 Å². The Morgan fingerprint density at radius 3 is 2.81 bits per heavy atom. The molecule has 3 heterocycles. The maximum absolute atomic E-state index is 11.3. The summed E-state index contributed by atoms with van der Waals surface area (Å²) in [6.07, 6.45) is 2.15. The van der Waals surface area contributed by atoms with Crippen LogP contribution in [0.15, 0.2) is 58.6 Å². The lowest BCUT2D eigenvalue weighted by molar-refractivity contribution is -0.141. The average molecular weight is 498 g/mol. The van der Waals surface area contributed by atoms with Gasteiger partial charge in [0, 0.05) is 18.2 Å². The fourth-order valence-electron chi connectivity index (χ4n) is 4.23. The lowest BCUT2D eigenvalue weighted by atomic mass is 10.1. The van der Waals surface area contributed by atoms with Gasteiger partial charge in [-0.05, 0) is 50.2 Å². The Morgan fingerprint density at radius 1 is 1.27 bits per heavy atom. The van der Waals surface area contributed by atoms with Gasteiger partial charge in [0.2, 0.25) is 5.95 Å². The number of aliphatic carboxylic acids is 1. The lowest BCUT2D eigenvalue weighted by Crippen LogP contribution is -2.27. The molecule has 1 aliphatic heterocycles. The zero-order chi connectivity index (χ0) is 26.4. The summed E-state index contributed by atoms with van der Waals surface area (Å²) in [5.74, 6) is 4.58. The van der Waals surface area contributed by atoms with Crippen LogP contribution in [0, 0.1) is 17.2 Å². The lowest BCUT2D eigenvalue weighted by Gasteiger charge is -2.23. The highest BCUT2D eigenvalue weighted by Crippen LogP contribution is 2.27. The van der Waals surface area contributed by atoms with Crippen molar-refractivity contribution < 1.29 is 9.90 Å². The molecule has 0 bridgehead atoms. The molecule has 1 aliphatic rings. The molecule has 0 aliphatic carbocycles. The molecule has 188 valence electrons. The van der Waals surface area contributed by atoms with Gasteiger partial charge in [0.25, 0.3) is 0 Å². The van der Waals surface area contributed by atoms with Gasteiger partial charge in [-0.3, -0.25) is 19.7 Å². The number of nitrogen functional groups attached to an aromatic ring is 1. The molecule has 2 aromatic heterocycles. The van der Waals surface area contributed by atoms with Gasteiger partial charge in [-0.2, -0.15) is 10.4 Å². The number of hydrogen-bond acceptors (Lipinski definition) is 10. The molecule has 0 amide bonds. The highest BCUT2D eigenvalue weighted by Gasteiger charge is 2.31. The molecule has 11 heteroatoms. The summed E-state index contributed by atoms with van der Waals surface area (Å²) in [7, 11) is 0. The molecule has 1 saturated heterocycles. The number of benzene rings is 1. The van der Waals surface area contributed by atoms with E-state index in [1.54, 1.807) is 24.3 Å². The number of anilines is 1. The second kappa shape index (κ2) is 11.4. The third kappa shape index (κ3) is 6.12. The van der Waals surface area contributed by atoms with E-state index in [1.807, 2.05) is 31.2 Å². The van der Waals surface area contributed by atoms with Gasteiger partial charge in [0.15, 0.2) is 0 Å². The second-order valence-corrected chi connectivity index (χ2v) is 8.72. The van der Waals surface area contributed by atoms with Crippen molar-refractivity contribution in [2.45, 2.75) is 25.9 Å². The first-order valence-electron chi connectivity index (χ1n) is 11.7. The molecule has 1 fully saturated rings. The Labute approximate surface area is 214 Å². The third-order valence-electron chi connectivity index (χ3n) is 6.27. The van der Waals surface area contributed by atoms with E-state index in [-0.39, 0.29) is 24.5 Å². The first kappa shape index (κ1) is 25.4. The Morgan fingerprint density at radius 2 is 2.08 bits per heavy atom. The molecule has 5 N–H and O–H groups in total. The maximum atomic E-state index is 11.3. The number of likely N-dealkylation sites (tertiary alicyclic amines) is 1. The van der Waals surface area contributed by atoms with Crippen LogP contribution in [0.3, 0.4) is 0 Å². The van der Waals surface area contributed by atoms with E-state index in [2.05, 4.69) is 31.0 Å². The fourth-order valence-corrected chi connectivity index (χ4v) is 4.23. The van der Waals surface area contributed by atoms with E-state index in [0.717, 1.165) is 17.9 Å². The number of aromatic nitrogens is 3. The molecule has 4 rings (SSSR count). The van der Waals surface area contributed by atoms with Gasteiger partial charge in [0.1, 0.15) is 5.71 Å². The summed E-state index contributed by atoms with van der Waals surface area (Å²) < 4.78 is 0. The monoisotopic (exact) mass is 497 g/mol. The zero-order valence-corrected chi connectivity index (χ0v) is 20.3. The van der Waals surface area contributed by atoms with Gasteiger partial charge in [-0.15, -0.1) is 0 Å². The summed E-state index contributed by atoms with van der Waals surface area (Å²) in [6.45, 7) is 3.56. The fraction of sp³-hybridized carbons (Fsp3) is 0.269. The average Bonchev–Trinajstić information content (AvgIpc) is 3.41. The Balaban J connectivity index is 1.47. The maximum Gasteiger partial charge on any atom is 0.307 e. The van der Waals surface area contributed by atoms with E-state index in [9.17, 15) is 15.2 Å². The normalized spacial score (nSPS) is 17.1. The molecule has 0 spiro atoms. The van der Waals surface area contributed by atoms with Crippen molar-refractivity contribution in [2.75, 3.05) is 18.8 Å². The third-order valence-corrected chi connectivity index (χ3v) is 6.27. The number of carbonyl (C=O) groups is 1. The molecule has 37 heavy (non-hydrogen) atoms. The molecule has 0 radical (unpaired) electrons. The van der Waals surface area contributed by atoms with Crippen molar-refractivity contribution in [1.82, 2.24) is 19.9 Å². The number of nitrogens with zero attached hydrogens (tertiary/aromatic N) is 7. The SMILES string of the molecule is C[C@@H](c1cccc(CN=C/C(=N\N)c2cc(-c3cccc(C#N)c3)nc(N)n2)n1)N1CC[C@@H](C(=O)O)C1. The molecular formula is C26H27N9O2. The predicted molar refractivity (Wildman–Crippen MR) is 139 cm³/mol. The number of rotatable bonds is 8. The zero-order valence-electron chi connectivity index (χ0n) is 20.3. The number of carboxylic acid groups (broad SMARTS) is 1. The van der Waals surface area contributed by atoms with Crippen molar-refractivity contribution in [3.8, 4) is 17.3 Å². The first-order valence-corrected chi connectivity index (χ1v) is 11.7.